The van der Waals surface area contributed by atoms with E-state index in [2.05, 4.69) is 0 Å². The minimum absolute atomic E-state index is 0.0188. The zero-order valence-electron chi connectivity index (χ0n) is 16.4. The number of imide groups is 1. The fraction of sp³-hybridized carbons (Fsp3) is 0.190. The molecule has 0 saturated carbocycles. The van der Waals surface area contributed by atoms with Crippen molar-refractivity contribution in [1.82, 2.24) is 9.80 Å². The van der Waals surface area contributed by atoms with Gasteiger partial charge < -0.3 is 4.90 Å². The Morgan fingerprint density at radius 1 is 1.16 bits per heavy atom. The lowest BCUT2D eigenvalue weighted by Gasteiger charge is -2.29. The number of carbonyl (C=O) groups is 3. The summed E-state index contributed by atoms with van der Waals surface area (Å²) in [5.74, 6) is -0.984. The molecule has 8 nitrogen and oxygen atoms in total. The topological polar surface area (TPSA) is 101 Å². The van der Waals surface area contributed by atoms with Gasteiger partial charge in [-0.15, -0.1) is 0 Å². The molecule has 2 aromatic rings. The van der Waals surface area contributed by atoms with Gasteiger partial charge in [0.15, 0.2) is 0 Å². The zero-order valence-corrected chi connectivity index (χ0v) is 18.7. The molecule has 0 radical (unpaired) electrons. The third kappa shape index (κ3) is 4.36. The van der Waals surface area contributed by atoms with Gasteiger partial charge in [0.05, 0.1) is 9.83 Å². The molecular formula is C21H15Cl2N3O5S. The highest BCUT2D eigenvalue weighted by Gasteiger charge is 2.37. The second kappa shape index (κ2) is 8.93. The van der Waals surface area contributed by atoms with E-state index in [-0.39, 0.29) is 38.7 Å². The molecule has 1 fully saturated rings. The van der Waals surface area contributed by atoms with E-state index in [1.807, 2.05) is 24.3 Å². The van der Waals surface area contributed by atoms with Crippen LogP contribution in [0.2, 0.25) is 10.0 Å². The van der Waals surface area contributed by atoms with Crippen LogP contribution in [0.5, 0.6) is 0 Å². The molecule has 0 unspecified atom stereocenters. The van der Waals surface area contributed by atoms with Crippen LogP contribution in [0.25, 0.3) is 6.08 Å². The first-order valence-corrected chi connectivity index (χ1v) is 11.0. The van der Waals surface area contributed by atoms with E-state index in [1.165, 1.54) is 17.7 Å². The molecule has 0 aromatic heterocycles. The van der Waals surface area contributed by atoms with Crippen molar-refractivity contribution in [2.75, 3.05) is 13.1 Å². The zero-order chi connectivity index (χ0) is 23.0. The highest BCUT2D eigenvalue weighted by molar-refractivity contribution is 8.18. The van der Waals surface area contributed by atoms with Gasteiger partial charge in [-0.2, -0.15) is 0 Å². The average molecular weight is 492 g/mol. The minimum Gasteiger partial charge on any atom is -0.336 e. The summed E-state index contributed by atoms with van der Waals surface area (Å²) >= 11 is 12.6. The summed E-state index contributed by atoms with van der Waals surface area (Å²) in [6.45, 7) is 0.551. The minimum atomic E-state index is -0.669. The summed E-state index contributed by atoms with van der Waals surface area (Å²) in [6.07, 6.45) is 2.00. The molecule has 164 valence electrons. The van der Waals surface area contributed by atoms with E-state index < -0.39 is 16.1 Å². The molecule has 3 amide bonds. The van der Waals surface area contributed by atoms with Gasteiger partial charge in [-0.25, -0.2) is 0 Å². The van der Waals surface area contributed by atoms with Gasteiger partial charge in [0.25, 0.3) is 16.8 Å². The first-order chi connectivity index (χ1) is 15.2. The van der Waals surface area contributed by atoms with Crippen molar-refractivity contribution < 1.29 is 19.3 Å². The summed E-state index contributed by atoms with van der Waals surface area (Å²) < 4.78 is 0. The van der Waals surface area contributed by atoms with Crippen molar-refractivity contribution in [3.8, 4) is 0 Å². The van der Waals surface area contributed by atoms with E-state index in [4.69, 9.17) is 23.2 Å². The Morgan fingerprint density at radius 2 is 1.88 bits per heavy atom. The van der Waals surface area contributed by atoms with Gasteiger partial charge in [0.1, 0.15) is 11.6 Å². The molecule has 0 aliphatic carbocycles. The maximum absolute atomic E-state index is 12.8. The number of nitro groups is 1. The van der Waals surface area contributed by atoms with E-state index in [9.17, 15) is 24.5 Å². The number of amides is 3. The van der Waals surface area contributed by atoms with Crippen LogP contribution in [0.3, 0.4) is 0 Å². The van der Waals surface area contributed by atoms with Gasteiger partial charge in [-0.1, -0.05) is 47.5 Å². The van der Waals surface area contributed by atoms with Crippen molar-refractivity contribution in [2.24, 2.45) is 0 Å². The molecule has 1 saturated heterocycles. The first kappa shape index (κ1) is 22.3. The molecule has 0 N–H and O–H groups in total. The highest BCUT2D eigenvalue weighted by Crippen LogP contribution is 2.36. The van der Waals surface area contributed by atoms with Crippen LogP contribution in [0.15, 0.2) is 41.3 Å². The monoisotopic (exact) mass is 491 g/mol. The summed E-state index contributed by atoms with van der Waals surface area (Å²) in [4.78, 5) is 50.9. The Morgan fingerprint density at radius 3 is 2.59 bits per heavy atom. The molecule has 0 bridgehead atoms. The number of fused-ring (bicyclic) bond motifs is 1. The highest BCUT2D eigenvalue weighted by atomic mass is 35.5. The lowest BCUT2D eigenvalue weighted by atomic mass is 10.00. The van der Waals surface area contributed by atoms with E-state index in [1.54, 1.807) is 4.90 Å². The molecule has 2 heterocycles. The lowest BCUT2D eigenvalue weighted by molar-refractivity contribution is -0.384. The number of thioether (sulfide) groups is 1. The van der Waals surface area contributed by atoms with Gasteiger partial charge in [0, 0.05) is 29.7 Å². The first-order valence-electron chi connectivity index (χ1n) is 9.48. The summed E-state index contributed by atoms with van der Waals surface area (Å²) in [5, 5.41) is 10.5. The number of hydrogen-bond acceptors (Lipinski definition) is 6. The molecular weight excluding hydrogens is 477 g/mol. The van der Waals surface area contributed by atoms with Gasteiger partial charge in [0.2, 0.25) is 5.91 Å². The third-order valence-corrected chi connectivity index (χ3v) is 6.74. The molecule has 2 aliphatic heterocycles. The van der Waals surface area contributed by atoms with Gasteiger partial charge in [-0.05, 0) is 41.5 Å². The molecule has 11 heteroatoms. The molecule has 2 aromatic carbocycles. The quantitative estimate of drug-likeness (QED) is 0.353. The van der Waals surface area contributed by atoms with Crippen LogP contribution in [0.1, 0.15) is 16.7 Å². The van der Waals surface area contributed by atoms with Crippen LogP contribution in [-0.4, -0.2) is 44.9 Å². The largest absolute Gasteiger partial charge is 0.336 e. The normalized spacial score (nSPS) is 17.1. The molecule has 32 heavy (non-hydrogen) atoms. The van der Waals surface area contributed by atoms with E-state index >= 15 is 0 Å². The molecule has 0 atom stereocenters. The van der Waals surface area contributed by atoms with Crippen molar-refractivity contribution in [2.45, 2.75) is 13.0 Å². The molecule has 4 rings (SSSR count). The van der Waals surface area contributed by atoms with Crippen LogP contribution >= 0.6 is 35.0 Å². The van der Waals surface area contributed by atoms with Crippen molar-refractivity contribution in [1.29, 1.82) is 0 Å². The Balaban J connectivity index is 1.51. The van der Waals surface area contributed by atoms with Crippen molar-refractivity contribution in [3.05, 3.63) is 78.2 Å². The maximum Gasteiger partial charge on any atom is 0.294 e. The number of hydrogen-bond donors (Lipinski definition) is 0. The predicted octanol–water partition coefficient (Wildman–Crippen LogP) is 4.52. The number of benzene rings is 2. The number of rotatable bonds is 4. The Bertz CT molecular complexity index is 1200. The second-order valence-electron chi connectivity index (χ2n) is 7.18. The fourth-order valence-electron chi connectivity index (χ4n) is 3.53. The lowest BCUT2D eigenvalue weighted by Crippen LogP contribution is -2.44. The van der Waals surface area contributed by atoms with E-state index in [0.717, 1.165) is 16.5 Å². The number of carbonyl (C=O) groups excluding carboxylic acids is 3. The maximum atomic E-state index is 12.8. The Hall–Kier alpha value is -2.88. The van der Waals surface area contributed by atoms with Crippen LogP contribution < -0.4 is 0 Å². The standard InChI is InChI=1S/C21H15Cl2N3O5S/c22-15-9-16(23)17(26(30)31)7-14(15)8-18-20(28)25(21(29)32-18)11-19(27)24-6-5-12-3-1-2-4-13(12)10-24/h1-4,7-9H,5-6,10-11H2/b18-8-. The average Bonchev–Trinajstić information content (AvgIpc) is 3.02. The number of nitrogens with zero attached hydrogens (tertiary/aromatic N) is 3. The fourth-order valence-corrected chi connectivity index (χ4v) is 4.86. The van der Waals surface area contributed by atoms with Gasteiger partial charge in [-0.3, -0.25) is 29.4 Å². The third-order valence-electron chi connectivity index (χ3n) is 5.20. The van der Waals surface area contributed by atoms with Crippen LogP contribution in [0, 0.1) is 10.1 Å². The smallest absolute Gasteiger partial charge is 0.294 e. The summed E-state index contributed by atoms with van der Waals surface area (Å²) in [7, 11) is 0. The van der Waals surface area contributed by atoms with Crippen molar-refractivity contribution >= 4 is 63.8 Å². The number of nitro benzene ring substituents is 1. The van der Waals surface area contributed by atoms with Gasteiger partial charge >= 0.3 is 0 Å². The Kier molecular flexibility index (Phi) is 6.23. The summed E-state index contributed by atoms with van der Waals surface area (Å²) in [5.41, 5.74) is 2.02. The predicted molar refractivity (Wildman–Crippen MR) is 121 cm³/mol. The molecule has 2 aliphatic rings. The Labute approximate surface area is 196 Å². The molecule has 0 spiro atoms. The number of halogens is 2. The van der Waals surface area contributed by atoms with Crippen LogP contribution in [0.4, 0.5) is 10.5 Å². The van der Waals surface area contributed by atoms with E-state index in [0.29, 0.717) is 31.3 Å². The van der Waals surface area contributed by atoms with Crippen molar-refractivity contribution in [3.63, 3.8) is 0 Å². The second-order valence-corrected chi connectivity index (χ2v) is 8.99. The SMILES string of the molecule is O=C(CN1C(=O)S/C(=C\c2cc([N+](=O)[O-])c(Cl)cc2Cl)C1=O)N1CCc2ccccc2C1. The van der Waals surface area contributed by atoms with Crippen LogP contribution in [-0.2, 0) is 22.6 Å². The summed E-state index contributed by atoms with van der Waals surface area (Å²) in [6, 6.07) is 10.2.